The molecule has 1 atom stereocenters. The van der Waals surface area contributed by atoms with Gasteiger partial charge in [-0.2, -0.15) is 0 Å². The molecule has 0 bridgehead atoms. The van der Waals surface area contributed by atoms with Crippen LogP contribution in [-0.4, -0.2) is 5.11 Å². The second kappa shape index (κ2) is 5.81. The molecular formula is C14H9ClF4O. The molecule has 1 unspecified atom stereocenters. The molecule has 0 aliphatic rings. The van der Waals surface area contributed by atoms with Gasteiger partial charge in [-0.15, -0.1) is 0 Å². The van der Waals surface area contributed by atoms with Gasteiger partial charge in [0.1, 0.15) is 23.3 Å². The second-order valence-corrected chi connectivity index (χ2v) is 4.65. The third-order valence-corrected chi connectivity index (χ3v) is 3.16. The minimum Gasteiger partial charge on any atom is -0.388 e. The summed E-state index contributed by atoms with van der Waals surface area (Å²) in [7, 11) is 0. The van der Waals surface area contributed by atoms with Crippen LogP contribution < -0.4 is 0 Å². The summed E-state index contributed by atoms with van der Waals surface area (Å²) in [4.78, 5) is 0. The van der Waals surface area contributed by atoms with E-state index in [1.165, 1.54) is 6.07 Å². The standard InChI is InChI=1S/C14H9ClF4O/c15-10-4-8(16)2-1-7(10)3-13(20)14-11(18)5-9(17)6-12(14)19/h1-2,4-6,13,20H,3H2. The Balaban J connectivity index is 2.31. The molecule has 106 valence electrons. The molecule has 0 radical (unpaired) electrons. The molecule has 0 amide bonds. The Morgan fingerprint density at radius 1 is 0.950 bits per heavy atom. The van der Waals surface area contributed by atoms with E-state index in [0.717, 1.165) is 12.1 Å². The summed E-state index contributed by atoms with van der Waals surface area (Å²) in [6.07, 6.45) is -1.78. The Kier molecular flexibility index (Phi) is 4.30. The average Bonchev–Trinajstić information content (AvgIpc) is 2.31. The Hall–Kier alpha value is -1.59. The topological polar surface area (TPSA) is 20.2 Å². The summed E-state index contributed by atoms with van der Waals surface area (Å²) < 4.78 is 52.6. The number of aliphatic hydroxyl groups is 1. The number of hydrogen-bond donors (Lipinski definition) is 1. The Morgan fingerprint density at radius 3 is 2.10 bits per heavy atom. The average molecular weight is 305 g/mol. The monoisotopic (exact) mass is 304 g/mol. The predicted octanol–water partition coefficient (Wildman–Crippen LogP) is 4.17. The molecule has 6 heteroatoms. The van der Waals surface area contributed by atoms with Crippen LogP contribution in [0.4, 0.5) is 17.6 Å². The van der Waals surface area contributed by atoms with Crippen LogP contribution in [0.2, 0.25) is 5.02 Å². The summed E-state index contributed by atoms with van der Waals surface area (Å²) in [5.74, 6) is -4.01. The molecule has 0 spiro atoms. The van der Waals surface area contributed by atoms with Crippen molar-refractivity contribution >= 4 is 11.6 Å². The van der Waals surface area contributed by atoms with Gasteiger partial charge in [-0.05, 0) is 17.7 Å². The fraction of sp³-hybridized carbons (Fsp3) is 0.143. The summed E-state index contributed by atoms with van der Waals surface area (Å²) in [6, 6.07) is 4.41. The summed E-state index contributed by atoms with van der Waals surface area (Å²) >= 11 is 5.77. The normalized spacial score (nSPS) is 12.5. The maximum Gasteiger partial charge on any atom is 0.134 e. The van der Waals surface area contributed by atoms with Crippen molar-refractivity contribution in [2.24, 2.45) is 0 Å². The van der Waals surface area contributed by atoms with Crippen molar-refractivity contribution in [2.45, 2.75) is 12.5 Å². The van der Waals surface area contributed by atoms with Crippen molar-refractivity contribution in [1.29, 1.82) is 0 Å². The van der Waals surface area contributed by atoms with Crippen molar-refractivity contribution in [3.8, 4) is 0 Å². The SMILES string of the molecule is OC(Cc1ccc(F)cc1Cl)c1c(F)cc(F)cc1F. The zero-order chi connectivity index (χ0) is 14.9. The fourth-order valence-corrected chi connectivity index (χ4v) is 2.11. The lowest BCUT2D eigenvalue weighted by atomic mass is 10.0. The molecule has 0 aliphatic heterocycles. The maximum absolute atomic E-state index is 13.5. The highest BCUT2D eigenvalue weighted by atomic mass is 35.5. The molecule has 0 heterocycles. The number of halogens is 5. The van der Waals surface area contributed by atoms with Gasteiger partial charge in [0.2, 0.25) is 0 Å². The molecule has 0 aromatic heterocycles. The summed E-state index contributed by atoms with van der Waals surface area (Å²) in [6.45, 7) is 0. The van der Waals surface area contributed by atoms with Crippen molar-refractivity contribution in [1.82, 2.24) is 0 Å². The van der Waals surface area contributed by atoms with Crippen LogP contribution in [0.1, 0.15) is 17.2 Å². The smallest absolute Gasteiger partial charge is 0.134 e. The zero-order valence-corrected chi connectivity index (χ0v) is 10.8. The first-order chi connectivity index (χ1) is 9.38. The van der Waals surface area contributed by atoms with Gasteiger partial charge < -0.3 is 5.11 Å². The third kappa shape index (κ3) is 3.11. The van der Waals surface area contributed by atoms with Gasteiger partial charge in [-0.25, -0.2) is 17.6 Å². The Bertz CT molecular complexity index is 622. The van der Waals surface area contributed by atoms with Gasteiger partial charge in [0.05, 0.1) is 11.7 Å². The first-order valence-electron chi connectivity index (χ1n) is 5.65. The third-order valence-electron chi connectivity index (χ3n) is 2.81. The molecule has 0 aliphatic carbocycles. The van der Waals surface area contributed by atoms with E-state index < -0.39 is 34.9 Å². The van der Waals surface area contributed by atoms with Gasteiger partial charge >= 0.3 is 0 Å². The lowest BCUT2D eigenvalue weighted by Crippen LogP contribution is -2.08. The van der Waals surface area contributed by atoms with Gasteiger partial charge in [0.15, 0.2) is 0 Å². The highest BCUT2D eigenvalue weighted by Crippen LogP contribution is 2.28. The predicted molar refractivity (Wildman–Crippen MR) is 66.4 cm³/mol. The van der Waals surface area contributed by atoms with Crippen molar-refractivity contribution < 1.29 is 22.7 Å². The Labute approximate surface area is 117 Å². The molecule has 2 aromatic rings. The summed E-state index contributed by atoms with van der Waals surface area (Å²) in [5, 5.41) is 9.90. The van der Waals surface area contributed by atoms with Crippen molar-refractivity contribution in [2.75, 3.05) is 0 Å². The van der Waals surface area contributed by atoms with Gasteiger partial charge in [0, 0.05) is 23.6 Å². The first kappa shape index (κ1) is 14.8. The van der Waals surface area contributed by atoms with Gasteiger partial charge in [-0.1, -0.05) is 17.7 Å². The molecule has 1 N–H and O–H groups in total. The number of rotatable bonds is 3. The lowest BCUT2D eigenvalue weighted by molar-refractivity contribution is 0.168. The van der Waals surface area contributed by atoms with E-state index in [1.807, 2.05) is 0 Å². The number of hydrogen-bond acceptors (Lipinski definition) is 1. The largest absolute Gasteiger partial charge is 0.388 e. The molecular weight excluding hydrogens is 296 g/mol. The summed E-state index contributed by atoms with van der Waals surface area (Å²) in [5.41, 5.74) is -0.324. The van der Waals surface area contributed by atoms with Crippen LogP contribution in [0.5, 0.6) is 0 Å². The molecule has 0 saturated carbocycles. The number of benzene rings is 2. The molecule has 0 fully saturated rings. The van der Waals surface area contributed by atoms with Crippen LogP contribution in [-0.2, 0) is 6.42 Å². The van der Waals surface area contributed by atoms with E-state index in [2.05, 4.69) is 0 Å². The fourth-order valence-electron chi connectivity index (χ4n) is 1.87. The van der Waals surface area contributed by atoms with E-state index >= 15 is 0 Å². The van der Waals surface area contributed by atoms with Gasteiger partial charge in [0.25, 0.3) is 0 Å². The van der Waals surface area contributed by atoms with Gasteiger partial charge in [-0.3, -0.25) is 0 Å². The molecule has 2 rings (SSSR count). The van der Waals surface area contributed by atoms with Crippen LogP contribution in [0, 0.1) is 23.3 Å². The van der Waals surface area contributed by atoms with Crippen molar-refractivity contribution in [3.05, 3.63) is 69.8 Å². The van der Waals surface area contributed by atoms with E-state index in [4.69, 9.17) is 11.6 Å². The minimum absolute atomic E-state index is 0.0342. The molecule has 20 heavy (non-hydrogen) atoms. The van der Waals surface area contributed by atoms with Crippen molar-refractivity contribution in [3.63, 3.8) is 0 Å². The van der Waals surface area contributed by atoms with E-state index in [9.17, 15) is 22.7 Å². The van der Waals surface area contributed by atoms with Crippen LogP contribution >= 0.6 is 11.6 Å². The Morgan fingerprint density at radius 2 is 1.55 bits per heavy atom. The highest BCUT2D eigenvalue weighted by Gasteiger charge is 2.20. The van der Waals surface area contributed by atoms with Crippen LogP contribution in [0.3, 0.4) is 0 Å². The quantitative estimate of drug-likeness (QED) is 0.844. The first-order valence-corrected chi connectivity index (χ1v) is 6.02. The van der Waals surface area contributed by atoms with Crippen LogP contribution in [0.15, 0.2) is 30.3 Å². The maximum atomic E-state index is 13.5. The molecule has 1 nitrogen and oxygen atoms in total. The van der Waals surface area contributed by atoms with E-state index in [1.54, 1.807) is 0 Å². The number of aliphatic hydroxyl groups excluding tert-OH is 1. The highest BCUT2D eigenvalue weighted by molar-refractivity contribution is 6.31. The minimum atomic E-state index is -1.56. The second-order valence-electron chi connectivity index (χ2n) is 4.24. The zero-order valence-electron chi connectivity index (χ0n) is 10.0. The molecule has 0 saturated heterocycles. The lowest BCUT2D eigenvalue weighted by Gasteiger charge is -2.14. The van der Waals surface area contributed by atoms with E-state index in [-0.39, 0.29) is 11.4 Å². The molecule has 2 aromatic carbocycles. The van der Waals surface area contributed by atoms with Crippen LogP contribution in [0.25, 0.3) is 0 Å². The van der Waals surface area contributed by atoms with E-state index in [0.29, 0.717) is 17.7 Å².